The Morgan fingerprint density at radius 1 is 1.55 bits per heavy atom. The van der Waals surface area contributed by atoms with Gasteiger partial charge in [-0.1, -0.05) is 19.6 Å². The van der Waals surface area contributed by atoms with Gasteiger partial charge in [0.05, 0.1) is 12.7 Å². The number of benzene rings is 1. The fraction of sp³-hybridized carbons (Fsp3) is 0.188. The van der Waals surface area contributed by atoms with E-state index in [1.165, 1.54) is 19.2 Å². The zero-order valence-electron chi connectivity index (χ0n) is 11.5. The van der Waals surface area contributed by atoms with Gasteiger partial charge in [-0.15, -0.1) is 0 Å². The van der Waals surface area contributed by atoms with Crippen molar-refractivity contribution in [2.24, 2.45) is 0 Å². The second-order valence-corrected chi connectivity index (χ2v) is 4.05. The Balaban J connectivity index is 3.12. The molecule has 0 amide bonds. The first-order chi connectivity index (χ1) is 9.57. The molecular formula is C16H16FNO2. The van der Waals surface area contributed by atoms with Crippen LogP contribution in [0, 0.1) is 17.1 Å². The van der Waals surface area contributed by atoms with Crippen molar-refractivity contribution in [3.05, 3.63) is 65.4 Å². The van der Waals surface area contributed by atoms with E-state index in [0.717, 1.165) is 11.8 Å². The number of nitriles is 1. The standard InChI is InChI=1S/C16H16FNO2/c1-4-12(16(10-19)20-3)7-11(2)13-5-6-14(9-18)15(17)8-13/h5-8,10,19H,2,4H2,1,3H3/b12-7+,16-10-. The van der Waals surface area contributed by atoms with Crippen molar-refractivity contribution in [2.45, 2.75) is 13.3 Å². The zero-order valence-corrected chi connectivity index (χ0v) is 11.5. The van der Waals surface area contributed by atoms with Crippen LogP contribution in [0.3, 0.4) is 0 Å². The number of aliphatic hydroxyl groups is 1. The van der Waals surface area contributed by atoms with Gasteiger partial charge in [0.15, 0.2) is 5.76 Å². The van der Waals surface area contributed by atoms with Crippen molar-refractivity contribution in [1.82, 2.24) is 0 Å². The van der Waals surface area contributed by atoms with E-state index >= 15 is 0 Å². The molecule has 0 aliphatic rings. The molecule has 1 N–H and O–H groups in total. The van der Waals surface area contributed by atoms with E-state index in [2.05, 4.69) is 6.58 Å². The Morgan fingerprint density at radius 2 is 2.25 bits per heavy atom. The summed E-state index contributed by atoms with van der Waals surface area (Å²) in [5.41, 5.74) is 1.88. The minimum Gasteiger partial charge on any atom is -0.512 e. The van der Waals surface area contributed by atoms with E-state index in [0.29, 0.717) is 23.3 Å². The Kier molecular flexibility index (Phi) is 5.55. The summed E-state index contributed by atoms with van der Waals surface area (Å²) in [6.07, 6.45) is 3.21. The molecule has 0 bridgehead atoms. The predicted octanol–water partition coefficient (Wildman–Crippen LogP) is 4.09. The number of hydrogen-bond acceptors (Lipinski definition) is 3. The van der Waals surface area contributed by atoms with E-state index in [9.17, 15) is 4.39 Å². The summed E-state index contributed by atoms with van der Waals surface area (Å²) in [5.74, 6) is -0.245. The smallest absolute Gasteiger partial charge is 0.156 e. The second-order valence-electron chi connectivity index (χ2n) is 4.05. The van der Waals surface area contributed by atoms with Crippen molar-refractivity contribution in [3.8, 4) is 6.07 Å². The van der Waals surface area contributed by atoms with Crippen LogP contribution in [0.5, 0.6) is 0 Å². The van der Waals surface area contributed by atoms with Gasteiger partial charge in [-0.05, 0) is 41.3 Å². The molecule has 0 unspecified atom stereocenters. The molecule has 0 radical (unpaired) electrons. The lowest BCUT2D eigenvalue weighted by Gasteiger charge is -2.09. The Labute approximate surface area is 117 Å². The highest BCUT2D eigenvalue weighted by Crippen LogP contribution is 2.23. The number of hydrogen-bond donors (Lipinski definition) is 1. The molecule has 0 saturated heterocycles. The van der Waals surface area contributed by atoms with Gasteiger partial charge in [0, 0.05) is 0 Å². The normalized spacial score (nSPS) is 11.9. The van der Waals surface area contributed by atoms with Gasteiger partial charge in [-0.3, -0.25) is 0 Å². The van der Waals surface area contributed by atoms with E-state index in [-0.39, 0.29) is 5.56 Å². The number of methoxy groups -OCH3 is 1. The van der Waals surface area contributed by atoms with Crippen molar-refractivity contribution < 1.29 is 14.2 Å². The molecule has 104 valence electrons. The molecule has 0 aliphatic heterocycles. The highest BCUT2D eigenvalue weighted by molar-refractivity contribution is 5.74. The number of halogens is 1. The lowest BCUT2D eigenvalue weighted by molar-refractivity contribution is 0.278. The number of aliphatic hydroxyl groups excluding tert-OH is 1. The van der Waals surface area contributed by atoms with Gasteiger partial charge in [-0.2, -0.15) is 5.26 Å². The van der Waals surface area contributed by atoms with E-state index < -0.39 is 5.82 Å². The first-order valence-corrected chi connectivity index (χ1v) is 6.05. The first-order valence-electron chi connectivity index (χ1n) is 6.05. The molecule has 1 rings (SSSR count). The van der Waals surface area contributed by atoms with Crippen LogP contribution < -0.4 is 0 Å². The van der Waals surface area contributed by atoms with Gasteiger partial charge >= 0.3 is 0 Å². The third-order valence-electron chi connectivity index (χ3n) is 2.84. The van der Waals surface area contributed by atoms with E-state index in [4.69, 9.17) is 15.1 Å². The monoisotopic (exact) mass is 273 g/mol. The Morgan fingerprint density at radius 3 is 2.70 bits per heavy atom. The predicted molar refractivity (Wildman–Crippen MR) is 76.2 cm³/mol. The lowest BCUT2D eigenvalue weighted by Crippen LogP contribution is -1.94. The summed E-state index contributed by atoms with van der Waals surface area (Å²) >= 11 is 0. The third kappa shape index (κ3) is 3.48. The van der Waals surface area contributed by atoms with Crippen LogP contribution in [0.4, 0.5) is 4.39 Å². The van der Waals surface area contributed by atoms with Crippen molar-refractivity contribution >= 4 is 5.57 Å². The number of nitrogens with zero attached hydrogens (tertiary/aromatic N) is 1. The van der Waals surface area contributed by atoms with Crippen molar-refractivity contribution in [2.75, 3.05) is 7.11 Å². The molecular weight excluding hydrogens is 257 g/mol. The number of allylic oxidation sites excluding steroid dienone is 3. The van der Waals surface area contributed by atoms with Crippen LogP contribution in [0.25, 0.3) is 5.57 Å². The van der Waals surface area contributed by atoms with Gasteiger partial charge in [0.1, 0.15) is 18.1 Å². The molecule has 0 aliphatic carbocycles. The van der Waals surface area contributed by atoms with Gasteiger partial charge in [0.25, 0.3) is 0 Å². The summed E-state index contributed by atoms with van der Waals surface area (Å²) in [5, 5.41) is 17.8. The molecule has 0 saturated carbocycles. The fourth-order valence-electron chi connectivity index (χ4n) is 1.71. The summed E-state index contributed by atoms with van der Waals surface area (Å²) in [6.45, 7) is 5.77. The first kappa shape index (κ1) is 15.5. The average molecular weight is 273 g/mol. The molecule has 20 heavy (non-hydrogen) atoms. The van der Waals surface area contributed by atoms with Crippen LogP contribution in [0.1, 0.15) is 24.5 Å². The number of rotatable bonds is 5. The van der Waals surface area contributed by atoms with E-state index in [1.54, 1.807) is 18.2 Å². The lowest BCUT2D eigenvalue weighted by atomic mass is 10.0. The second kappa shape index (κ2) is 7.15. The van der Waals surface area contributed by atoms with Gasteiger partial charge in [-0.25, -0.2) is 4.39 Å². The third-order valence-corrected chi connectivity index (χ3v) is 2.84. The summed E-state index contributed by atoms with van der Waals surface area (Å²) in [4.78, 5) is 0. The minimum atomic E-state index is -0.581. The maximum atomic E-state index is 13.6. The fourth-order valence-corrected chi connectivity index (χ4v) is 1.71. The van der Waals surface area contributed by atoms with Crippen LogP contribution in [0.2, 0.25) is 0 Å². The molecule has 0 aromatic heterocycles. The Hall–Kier alpha value is -2.54. The molecule has 0 atom stereocenters. The Bertz CT molecular complexity index is 609. The van der Waals surface area contributed by atoms with Crippen LogP contribution >= 0.6 is 0 Å². The minimum absolute atomic E-state index is 0.00548. The summed E-state index contributed by atoms with van der Waals surface area (Å²) < 4.78 is 18.6. The maximum Gasteiger partial charge on any atom is 0.156 e. The molecule has 3 nitrogen and oxygen atoms in total. The highest BCUT2D eigenvalue weighted by atomic mass is 19.1. The summed E-state index contributed by atoms with van der Waals surface area (Å²) in [6, 6.07) is 6.07. The maximum absolute atomic E-state index is 13.6. The average Bonchev–Trinajstić information content (AvgIpc) is 2.46. The zero-order chi connectivity index (χ0) is 15.1. The largest absolute Gasteiger partial charge is 0.512 e. The topological polar surface area (TPSA) is 53.2 Å². The molecule has 0 heterocycles. The van der Waals surface area contributed by atoms with Gasteiger partial charge in [0.2, 0.25) is 0 Å². The SMILES string of the molecule is C=C(/C=C(CC)/C(=C/O)OC)c1ccc(C#N)c(F)c1. The molecule has 0 spiro atoms. The van der Waals surface area contributed by atoms with Crippen LogP contribution in [-0.2, 0) is 4.74 Å². The molecule has 1 aromatic rings. The van der Waals surface area contributed by atoms with E-state index in [1.807, 2.05) is 6.92 Å². The molecule has 1 aromatic carbocycles. The van der Waals surface area contributed by atoms with Crippen LogP contribution in [0.15, 0.2) is 48.4 Å². The number of ether oxygens (including phenoxy) is 1. The quantitative estimate of drug-likeness (QED) is 0.649. The molecule has 4 heteroatoms. The van der Waals surface area contributed by atoms with Gasteiger partial charge < -0.3 is 9.84 Å². The highest BCUT2D eigenvalue weighted by Gasteiger charge is 2.07. The van der Waals surface area contributed by atoms with Crippen molar-refractivity contribution in [3.63, 3.8) is 0 Å². The van der Waals surface area contributed by atoms with Crippen molar-refractivity contribution in [1.29, 1.82) is 5.26 Å². The van der Waals surface area contributed by atoms with Crippen LogP contribution in [-0.4, -0.2) is 12.2 Å². The molecule has 0 fully saturated rings. The summed E-state index contributed by atoms with van der Waals surface area (Å²) in [7, 11) is 1.45.